The molecule has 3 aromatic carbocycles. The number of esters is 1. The second-order valence-electron chi connectivity index (χ2n) is 6.38. The molecule has 0 bridgehead atoms. The van der Waals surface area contributed by atoms with E-state index in [4.69, 9.17) is 9.47 Å². The number of carbonyl (C=O) groups excluding carboxylic acids is 2. The van der Waals surface area contributed by atoms with E-state index < -0.39 is 5.97 Å². The predicted octanol–water partition coefficient (Wildman–Crippen LogP) is 5.07. The van der Waals surface area contributed by atoms with Gasteiger partial charge < -0.3 is 9.47 Å². The van der Waals surface area contributed by atoms with Crippen LogP contribution in [0, 0.1) is 11.8 Å². The first kappa shape index (κ1) is 20.6. The first-order valence-corrected chi connectivity index (χ1v) is 9.29. The Kier molecular flexibility index (Phi) is 6.81. The van der Waals surface area contributed by atoms with E-state index in [9.17, 15) is 9.59 Å². The molecular weight excluding hydrogens is 376 g/mol. The van der Waals surface area contributed by atoms with Crippen LogP contribution in [0.1, 0.15) is 12.0 Å². The average Bonchev–Trinajstić information content (AvgIpc) is 2.78. The molecule has 148 valence electrons. The van der Waals surface area contributed by atoms with Gasteiger partial charge in [0.25, 0.3) is 0 Å². The second kappa shape index (κ2) is 9.90. The van der Waals surface area contributed by atoms with Crippen molar-refractivity contribution in [2.75, 3.05) is 6.79 Å². The van der Waals surface area contributed by atoms with E-state index in [0.29, 0.717) is 5.75 Å². The van der Waals surface area contributed by atoms with E-state index in [1.165, 1.54) is 6.08 Å². The first-order valence-electron chi connectivity index (χ1n) is 9.29. The smallest absolute Gasteiger partial charge is 0.333 e. The maximum absolute atomic E-state index is 11.2. The minimum atomic E-state index is -0.525. The molecule has 4 heteroatoms. The van der Waals surface area contributed by atoms with Crippen molar-refractivity contribution in [2.24, 2.45) is 0 Å². The summed E-state index contributed by atoms with van der Waals surface area (Å²) in [6.07, 6.45) is 2.55. The van der Waals surface area contributed by atoms with Crippen molar-refractivity contribution >= 4 is 22.5 Å². The lowest BCUT2D eigenvalue weighted by Gasteiger charge is -2.08. The fourth-order valence-electron chi connectivity index (χ4n) is 2.76. The molecule has 0 heterocycles. The van der Waals surface area contributed by atoms with E-state index in [1.807, 2.05) is 54.6 Å². The van der Waals surface area contributed by atoms with Gasteiger partial charge in [-0.25, -0.2) is 4.79 Å². The number of ketones is 1. The number of rotatable bonds is 7. The van der Waals surface area contributed by atoms with E-state index >= 15 is 0 Å². The fourth-order valence-corrected chi connectivity index (χ4v) is 2.76. The molecule has 0 aliphatic rings. The van der Waals surface area contributed by atoms with Crippen LogP contribution in [0.15, 0.2) is 86.0 Å². The van der Waals surface area contributed by atoms with Crippen LogP contribution >= 0.6 is 0 Å². The predicted molar refractivity (Wildman–Crippen MR) is 118 cm³/mol. The van der Waals surface area contributed by atoms with Crippen molar-refractivity contribution in [1.29, 1.82) is 0 Å². The van der Waals surface area contributed by atoms with Gasteiger partial charge in [0.2, 0.25) is 6.79 Å². The van der Waals surface area contributed by atoms with Crippen molar-refractivity contribution in [2.45, 2.75) is 6.42 Å². The average molecular weight is 396 g/mol. The zero-order chi connectivity index (χ0) is 21.3. The summed E-state index contributed by atoms with van der Waals surface area (Å²) < 4.78 is 10.3. The van der Waals surface area contributed by atoms with E-state index in [2.05, 4.69) is 31.1 Å². The Morgan fingerprint density at radius 2 is 1.57 bits per heavy atom. The van der Waals surface area contributed by atoms with Gasteiger partial charge in [0.15, 0.2) is 5.78 Å². The van der Waals surface area contributed by atoms with Crippen LogP contribution in [0.4, 0.5) is 0 Å². The summed E-state index contributed by atoms with van der Waals surface area (Å²) in [5.74, 6) is 5.84. The Morgan fingerprint density at radius 3 is 2.30 bits per heavy atom. The van der Waals surface area contributed by atoms with Gasteiger partial charge in [0.05, 0.1) is 6.42 Å². The largest absolute Gasteiger partial charge is 0.457 e. The number of fused-ring (bicyclic) bond motifs is 1. The minimum absolute atomic E-state index is 0.0818. The Bertz CT molecular complexity index is 1160. The zero-order valence-electron chi connectivity index (χ0n) is 16.4. The lowest BCUT2D eigenvalue weighted by atomic mass is 10.00. The second-order valence-corrected chi connectivity index (χ2v) is 6.38. The van der Waals surface area contributed by atoms with E-state index in [-0.39, 0.29) is 19.0 Å². The fraction of sp³-hybridized carbons (Fsp3) is 0.0769. The van der Waals surface area contributed by atoms with Gasteiger partial charge in [-0.1, -0.05) is 55.3 Å². The number of hydrogen-bond donors (Lipinski definition) is 0. The van der Waals surface area contributed by atoms with Gasteiger partial charge in [-0.3, -0.25) is 4.79 Å². The molecule has 0 aromatic heterocycles. The maximum atomic E-state index is 11.2. The third-order valence-corrected chi connectivity index (χ3v) is 4.35. The lowest BCUT2D eigenvalue weighted by Crippen LogP contribution is -2.07. The Labute approximate surface area is 175 Å². The molecule has 0 N–H and O–H groups in total. The summed E-state index contributed by atoms with van der Waals surface area (Å²) in [7, 11) is 0. The molecule has 0 saturated heterocycles. The van der Waals surface area contributed by atoms with Crippen LogP contribution < -0.4 is 4.74 Å². The molecule has 0 fully saturated rings. The topological polar surface area (TPSA) is 52.6 Å². The summed E-state index contributed by atoms with van der Waals surface area (Å²) >= 11 is 0. The van der Waals surface area contributed by atoms with Crippen molar-refractivity contribution in [1.82, 2.24) is 0 Å². The van der Waals surface area contributed by atoms with Crippen LogP contribution in [0.2, 0.25) is 0 Å². The summed E-state index contributed by atoms with van der Waals surface area (Å²) in [6, 6.07) is 19.7. The van der Waals surface area contributed by atoms with E-state index in [0.717, 1.165) is 33.5 Å². The standard InChI is InChI=1S/C26H20O4/c1-3-24(27)7-5-6-19-8-10-20(11-9-19)21-12-13-23-17-25(15-14-22(23)16-21)29-18-30-26(28)4-2/h3-4,8-17H,1-2,7,18H2. The number of benzene rings is 3. The monoisotopic (exact) mass is 396 g/mol. The number of allylic oxidation sites excluding steroid dienone is 1. The van der Waals surface area contributed by atoms with Crippen molar-refractivity contribution in [3.63, 3.8) is 0 Å². The van der Waals surface area contributed by atoms with Gasteiger partial charge >= 0.3 is 5.97 Å². The molecule has 3 rings (SSSR count). The molecule has 0 saturated carbocycles. The normalized spacial score (nSPS) is 9.87. The molecule has 0 radical (unpaired) electrons. The third kappa shape index (κ3) is 5.46. The molecule has 0 amide bonds. The van der Waals surface area contributed by atoms with Crippen molar-refractivity contribution in [3.05, 3.63) is 91.5 Å². The van der Waals surface area contributed by atoms with Crippen molar-refractivity contribution < 1.29 is 19.1 Å². The van der Waals surface area contributed by atoms with Gasteiger partial charge in [0, 0.05) is 11.6 Å². The third-order valence-electron chi connectivity index (χ3n) is 4.35. The molecule has 0 atom stereocenters. The highest BCUT2D eigenvalue weighted by Gasteiger charge is 2.03. The molecule has 3 aromatic rings. The van der Waals surface area contributed by atoms with Crippen LogP contribution in [0.25, 0.3) is 21.9 Å². The minimum Gasteiger partial charge on any atom is -0.457 e. The number of ether oxygens (including phenoxy) is 2. The molecular formula is C26H20O4. The summed E-state index contributed by atoms with van der Waals surface area (Å²) in [5.41, 5.74) is 3.01. The van der Waals surface area contributed by atoms with Crippen LogP contribution in [-0.2, 0) is 14.3 Å². The quantitative estimate of drug-likeness (QED) is 0.242. The lowest BCUT2D eigenvalue weighted by molar-refractivity contribution is -0.144. The number of carbonyl (C=O) groups is 2. The SMILES string of the molecule is C=CC(=O)CC#Cc1ccc(-c2ccc3cc(OCOC(=O)C=C)ccc3c2)cc1. The molecule has 0 aliphatic heterocycles. The Hall–Kier alpha value is -4.10. The van der Waals surface area contributed by atoms with Crippen molar-refractivity contribution in [3.8, 4) is 28.7 Å². The maximum Gasteiger partial charge on any atom is 0.333 e. The van der Waals surface area contributed by atoms with Gasteiger partial charge in [-0.2, -0.15) is 0 Å². The first-order chi connectivity index (χ1) is 14.6. The molecule has 30 heavy (non-hydrogen) atoms. The summed E-state index contributed by atoms with van der Waals surface area (Å²) in [4.78, 5) is 22.3. The Morgan fingerprint density at radius 1 is 0.867 bits per heavy atom. The summed E-state index contributed by atoms with van der Waals surface area (Å²) in [6.45, 7) is 6.61. The highest BCUT2D eigenvalue weighted by molar-refractivity contribution is 5.91. The molecule has 0 spiro atoms. The summed E-state index contributed by atoms with van der Waals surface area (Å²) in [5, 5.41) is 2.08. The Balaban J connectivity index is 1.71. The highest BCUT2D eigenvalue weighted by atomic mass is 16.7. The zero-order valence-corrected chi connectivity index (χ0v) is 16.4. The highest BCUT2D eigenvalue weighted by Crippen LogP contribution is 2.27. The van der Waals surface area contributed by atoms with Crippen LogP contribution in [0.3, 0.4) is 0 Å². The molecule has 0 aliphatic carbocycles. The van der Waals surface area contributed by atoms with Gasteiger partial charge in [-0.05, 0) is 58.3 Å². The molecule has 0 unspecified atom stereocenters. The number of hydrogen-bond acceptors (Lipinski definition) is 4. The van der Waals surface area contributed by atoms with Crippen LogP contribution in [0.5, 0.6) is 5.75 Å². The van der Waals surface area contributed by atoms with Gasteiger partial charge in [-0.15, -0.1) is 0 Å². The van der Waals surface area contributed by atoms with E-state index in [1.54, 1.807) is 0 Å². The van der Waals surface area contributed by atoms with Gasteiger partial charge in [0.1, 0.15) is 5.75 Å². The molecule has 4 nitrogen and oxygen atoms in total. The van der Waals surface area contributed by atoms with Crippen LogP contribution in [-0.4, -0.2) is 18.5 Å².